The predicted molar refractivity (Wildman–Crippen MR) is 145 cm³/mol. The molecule has 0 aliphatic carbocycles. The third-order valence-corrected chi connectivity index (χ3v) is 6.31. The third-order valence-electron chi connectivity index (χ3n) is 6.31. The molecule has 12 nitrogen and oxygen atoms in total. The molecule has 0 radical (unpaired) electrons. The van der Waals surface area contributed by atoms with E-state index in [1.54, 1.807) is 57.6 Å². The summed E-state index contributed by atoms with van der Waals surface area (Å²) in [6, 6.07) is 10.8. The smallest absolute Gasteiger partial charge is 0.316 e. The lowest BCUT2D eigenvalue weighted by Gasteiger charge is -2.40. The largest absolute Gasteiger partial charge is 0.462 e. The van der Waals surface area contributed by atoms with E-state index in [1.165, 1.54) is 24.3 Å². The molecule has 212 valence electrons. The molecule has 1 aliphatic rings. The number of esters is 1. The monoisotopic (exact) mass is 561 g/mol. The SMILES string of the molecule is CC(C)OC(=O)C1(C)COC(C(N)=O)(c2nc(-c3ccc(F)cc3)c(-c3ccnc(Nc4cccnc4)n3)[nH]2)OC1. The number of aromatic nitrogens is 5. The van der Waals surface area contributed by atoms with Crippen LogP contribution in [0.25, 0.3) is 22.6 Å². The molecule has 0 atom stereocenters. The van der Waals surface area contributed by atoms with E-state index >= 15 is 0 Å². The second kappa shape index (κ2) is 11.0. The molecule has 4 aromatic rings. The summed E-state index contributed by atoms with van der Waals surface area (Å²) in [5, 5.41) is 3.07. The molecule has 1 aliphatic heterocycles. The fourth-order valence-electron chi connectivity index (χ4n) is 4.13. The Morgan fingerprint density at radius 3 is 2.46 bits per heavy atom. The van der Waals surface area contributed by atoms with Crippen LogP contribution in [0.5, 0.6) is 0 Å². The van der Waals surface area contributed by atoms with Crippen LogP contribution >= 0.6 is 0 Å². The Hall–Kier alpha value is -4.75. The molecule has 1 fully saturated rings. The topological polar surface area (TPSA) is 167 Å². The van der Waals surface area contributed by atoms with Crippen molar-refractivity contribution in [2.45, 2.75) is 32.7 Å². The first-order valence-electron chi connectivity index (χ1n) is 12.8. The van der Waals surface area contributed by atoms with Crippen LogP contribution in [0.1, 0.15) is 26.6 Å². The molecule has 0 unspecified atom stereocenters. The van der Waals surface area contributed by atoms with Gasteiger partial charge < -0.3 is 30.2 Å². The van der Waals surface area contributed by atoms with Crippen molar-refractivity contribution in [2.24, 2.45) is 11.1 Å². The highest BCUT2D eigenvalue weighted by atomic mass is 19.1. The van der Waals surface area contributed by atoms with Gasteiger partial charge in [-0.3, -0.25) is 14.6 Å². The quantitative estimate of drug-likeness (QED) is 0.271. The summed E-state index contributed by atoms with van der Waals surface area (Å²) in [5.41, 5.74) is 6.88. The van der Waals surface area contributed by atoms with Gasteiger partial charge in [-0.2, -0.15) is 0 Å². The highest BCUT2D eigenvalue weighted by Crippen LogP contribution is 2.39. The molecule has 0 spiro atoms. The molecule has 4 N–H and O–H groups in total. The van der Waals surface area contributed by atoms with E-state index in [2.05, 4.69) is 30.2 Å². The van der Waals surface area contributed by atoms with Crippen LogP contribution in [0.3, 0.4) is 0 Å². The normalized spacial score (nSPS) is 20.5. The number of carbonyl (C=O) groups is 2. The van der Waals surface area contributed by atoms with Crippen LogP contribution in [0.2, 0.25) is 0 Å². The maximum atomic E-state index is 13.8. The number of pyridine rings is 1. The van der Waals surface area contributed by atoms with Gasteiger partial charge in [0.1, 0.15) is 11.2 Å². The van der Waals surface area contributed by atoms with Crippen molar-refractivity contribution in [3.63, 3.8) is 0 Å². The van der Waals surface area contributed by atoms with Crippen LogP contribution in [-0.2, 0) is 29.6 Å². The lowest BCUT2D eigenvalue weighted by molar-refractivity contribution is -0.294. The Kier molecular flexibility index (Phi) is 7.47. The van der Waals surface area contributed by atoms with Crippen LogP contribution < -0.4 is 11.1 Å². The van der Waals surface area contributed by atoms with E-state index in [-0.39, 0.29) is 31.1 Å². The molecular formula is C28H28FN7O5. The second-order valence-corrected chi connectivity index (χ2v) is 10.0. The highest BCUT2D eigenvalue weighted by molar-refractivity contribution is 5.85. The summed E-state index contributed by atoms with van der Waals surface area (Å²) < 4.78 is 30.9. The molecule has 4 heterocycles. The van der Waals surface area contributed by atoms with Crippen molar-refractivity contribution in [1.82, 2.24) is 24.9 Å². The molecule has 13 heteroatoms. The summed E-state index contributed by atoms with van der Waals surface area (Å²) in [4.78, 5) is 46.2. The molecule has 41 heavy (non-hydrogen) atoms. The molecule has 3 aromatic heterocycles. The zero-order valence-corrected chi connectivity index (χ0v) is 22.6. The number of hydrogen-bond donors (Lipinski definition) is 3. The maximum Gasteiger partial charge on any atom is 0.316 e. The van der Waals surface area contributed by atoms with Crippen molar-refractivity contribution in [1.29, 1.82) is 0 Å². The van der Waals surface area contributed by atoms with Gasteiger partial charge in [-0.15, -0.1) is 0 Å². The number of ether oxygens (including phenoxy) is 3. The van der Waals surface area contributed by atoms with Gasteiger partial charge in [0.2, 0.25) is 5.95 Å². The number of H-pyrrole nitrogens is 1. The molecule has 1 saturated heterocycles. The van der Waals surface area contributed by atoms with Gasteiger partial charge in [-0.05, 0) is 63.2 Å². The first-order chi connectivity index (χ1) is 19.6. The Labute approximate surface area is 234 Å². The van der Waals surface area contributed by atoms with E-state index in [0.717, 1.165) is 0 Å². The van der Waals surface area contributed by atoms with Gasteiger partial charge >= 0.3 is 11.8 Å². The number of nitrogens with two attached hydrogens (primary N) is 1. The molecular weight excluding hydrogens is 533 g/mol. The zero-order chi connectivity index (χ0) is 29.2. The first-order valence-corrected chi connectivity index (χ1v) is 12.8. The van der Waals surface area contributed by atoms with Gasteiger partial charge in [0.05, 0.1) is 48.3 Å². The van der Waals surface area contributed by atoms with Gasteiger partial charge in [-0.1, -0.05) is 0 Å². The van der Waals surface area contributed by atoms with Crippen LogP contribution in [0.15, 0.2) is 61.1 Å². The number of aromatic amines is 1. The minimum atomic E-state index is -2.14. The lowest BCUT2D eigenvalue weighted by atomic mass is 9.91. The van der Waals surface area contributed by atoms with Crippen molar-refractivity contribution in [2.75, 3.05) is 18.5 Å². The maximum absolute atomic E-state index is 13.8. The van der Waals surface area contributed by atoms with Crippen LogP contribution in [0, 0.1) is 11.2 Å². The summed E-state index contributed by atoms with van der Waals surface area (Å²) in [6.07, 6.45) is 4.45. The lowest BCUT2D eigenvalue weighted by Crippen LogP contribution is -2.56. The number of primary amides is 1. The van der Waals surface area contributed by atoms with E-state index in [1.807, 2.05) is 0 Å². The number of hydrogen-bond acceptors (Lipinski definition) is 10. The molecule has 1 aromatic carbocycles. The molecule has 5 rings (SSSR count). The predicted octanol–water partition coefficient (Wildman–Crippen LogP) is 3.45. The average molecular weight is 562 g/mol. The Balaban J connectivity index is 1.55. The number of anilines is 2. The Bertz CT molecular complexity index is 1550. The number of benzene rings is 1. The third kappa shape index (κ3) is 5.62. The van der Waals surface area contributed by atoms with Crippen molar-refractivity contribution in [3.05, 3.63) is 72.7 Å². The van der Waals surface area contributed by atoms with Gasteiger partial charge in [0, 0.05) is 18.0 Å². The summed E-state index contributed by atoms with van der Waals surface area (Å²) in [7, 11) is 0. The first kappa shape index (κ1) is 27.8. The fourth-order valence-corrected chi connectivity index (χ4v) is 4.13. The van der Waals surface area contributed by atoms with E-state index in [4.69, 9.17) is 19.9 Å². The fraction of sp³-hybridized carbons (Fsp3) is 0.286. The molecule has 0 bridgehead atoms. The zero-order valence-electron chi connectivity index (χ0n) is 22.6. The van der Waals surface area contributed by atoms with Crippen LogP contribution in [0.4, 0.5) is 16.0 Å². The number of amides is 1. The van der Waals surface area contributed by atoms with Crippen molar-refractivity contribution in [3.8, 4) is 22.6 Å². The summed E-state index contributed by atoms with van der Waals surface area (Å²) in [6.45, 7) is 4.61. The van der Waals surface area contributed by atoms with Gasteiger partial charge in [0.15, 0.2) is 5.82 Å². The number of imidazole rings is 1. The molecule has 0 saturated carbocycles. The number of nitrogens with zero attached hydrogens (tertiary/aromatic N) is 4. The van der Waals surface area contributed by atoms with E-state index in [9.17, 15) is 14.0 Å². The van der Waals surface area contributed by atoms with Crippen LogP contribution in [-0.4, -0.2) is 56.1 Å². The standard InChI is InChI=1S/C28H28FN7O5/c1-16(2)41-25(38)27(3)14-39-28(23(30)37,40-15-27)24-35-21(17-6-8-18(29)9-7-17)22(36-24)20-10-12-32-26(34-20)33-19-5-4-11-31-13-19/h4-13,16H,14-15H2,1-3H3,(H2,30,37)(H,35,36)(H,32,33,34). The number of halogens is 1. The van der Waals surface area contributed by atoms with E-state index < -0.39 is 28.9 Å². The minimum Gasteiger partial charge on any atom is -0.462 e. The summed E-state index contributed by atoms with van der Waals surface area (Å²) in [5.74, 6) is -3.90. The van der Waals surface area contributed by atoms with Crippen molar-refractivity contribution >= 4 is 23.5 Å². The van der Waals surface area contributed by atoms with Crippen molar-refractivity contribution < 1.29 is 28.2 Å². The Morgan fingerprint density at radius 1 is 1.10 bits per heavy atom. The number of carbonyl (C=O) groups excluding carboxylic acids is 2. The highest BCUT2D eigenvalue weighted by Gasteiger charge is 2.54. The minimum absolute atomic E-state index is 0.0704. The molecule has 1 amide bonds. The van der Waals surface area contributed by atoms with E-state index in [0.29, 0.717) is 28.3 Å². The Morgan fingerprint density at radius 2 is 1.83 bits per heavy atom. The summed E-state index contributed by atoms with van der Waals surface area (Å²) >= 11 is 0. The van der Waals surface area contributed by atoms with Gasteiger partial charge in [0.25, 0.3) is 5.91 Å². The average Bonchev–Trinajstić information content (AvgIpc) is 3.40. The van der Waals surface area contributed by atoms with Gasteiger partial charge in [-0.25, -0.2) is 19.3 Å². The number of nitrogens with one attached hydrogen (secondary N) is 2. The second-order valence-electron chi connectivity index (χ2n) is 10.0. The number of rotatable bonds is 8.